The molecule has 2 unspecified atom stereocenters. The molecule has 4 heterocycles. The zero-order valence-electron chi connectivity index (χ0n) is 27.1. The molecule has 1 aromatic heterocycles. The van der Waals surface area contributed by atoms with Crippen LogP contribution in [0.25, 0.3) is 11.0 Å². The lowest BCUT2D eigenvalue weighted by Crippen LogP contribution is -2.59. The summed E-state index contributed by atoms with van der Waals surface area (Å²) in [5.74, 6) is -2.16. The van der Waals surface area contributed by atoms with Crippen molar-refractivity contribution in [2.45, 2.75) is 89.8 Å². The Bertz CT molecular complexity index is 1440. The van der Waals surface area contributed by atoms with Gasteiger partial charge in [0.2, 0.25) is 17.7 Å². The van der Waals surface area contributed by atoms with Crippen LogP contribution in [0.4, 0.5) is 0 Å². The second kappa shape index (κ2) is 13.0. The topological polar surface area (TPSA) is 121 Å². The average Bonchev–Trinajstić information content (AvgIpc) is 3.76. The highest BCUT2D eigenvalue weighted by molar-refractivity contribution is 5.99. The van der Waals surface area contributed by atoms with Crippen molar-refractivity contribution in [2.75, 3.05) is 26.2 Å². The van der Waals surface area contributed by atoms with Crippen LogP contribution in [0, 0.1) is 17.8 Å². The first-order valence-corrected chi connectivity index (χ1v) is 16.3. The van der Waals surface area contributed by atoms with E-state index in [1.165, 1.54) is 0 Å². The van der Waals surface area contributed by atoms with Crippen molar-refractivity contribution >= 4 is 28.8 Å². The highest BCUT2D eigenvalue weighted by Crippen LogP contribution is 2.65. The summed E-state index contributed by atoms with van der Waals surface area (Å²) in [5, 5.41) is 19.2. The van der Waals surface area contributed by atoms with Crippen LogP contribution in [0.5, 0.6) is 0 Å². The Morgan fingerprint density at radius 1 is 1.13 bits per heavy atom. The van der Waals surface area contributed by atoms with Gasteiger partial charge < -0.3 is 24.5 Å². The highest BCUT2D eigenvalue weighted by Gasteiger charge is 2.79. The van der Waals surface area contributed by atoms with E-state index in [2.05, 4.69) is 23.5 Å². The van der Waals surface area contributed by atoms with Crippen molar-refractivity contribution in [1.82, 2.24) is 29.7 Å². The lowest BCUT2D eigenvalue weighted by atomic mass is 9.64. The van der Waals surface area contributed by atoms with E-state index >= 15 is 0 Å². The zero-order valence-corrected chi connectivity index (χ0v) is 27.1. The summed E-state index contributed by atoms with van der Waals surface area (Å²) in [6.07, 6.45) is 6.19. The standard InChI is InChI=1S/C34H48N6O5/c1-7-17-37(18-8-2)30(42)27-28-31(43)40(24(21-41)20-23(5)6)29(34(28)16-15-33(27,10-4)45-34)32(44)38(19-9-3)22-39-26-14-12-11-13-25(26)35-36-39/h7,9,11-14,23-24,27-29,41H,1,3,8,10,15-22H2,2,4-6H3/t24-,27+,28+,29?,33-,34?/m1/s1. The molecule has 3 aliphatic heterocycles. The summed E-state index contributed by atoms with van der Waals surface area (Å²) in [4.78, 5) is 49.1. The number of hydrogen-bond acceptors (Lipinski definition) is 7. The van der Waals surface area contributed by atoms with Crippen molar-refractivity contribution in [3.63, 3.8) is 0 Å². The van der Waals surface area contributed by atoms with Gasteiger partial charge in [0.1, 0.15) is 23.8 Å². The van der Waals surface area contributed by atoms with Gasteiger partial charge in [0.05, 0.1) is 35.6 Å². The molecule has 3 amide bonds. The Kier molecular flexibility index (Phi) is 9.51. The molecule has 11 heteroatoms. The van der Waals surface area contributed by atoms with Crippen molar-refractivity contribution in [1.29, 1.82) is 0 Å². The quantitative estimate of drug-likeness (QED) is 0.303. The predicted molar refractivity (Wildman–Crippen MR) is 171 cm³/mol. The maximum atomic E-state index is 14.9. The first kappa shape index (κ1) is 32.8. The third-order valence-electron chi connectivity index (χ3n) is 10.0. The Morgan fingerprint density at radius 3 is 2.49 bits per heavy atom. The number of rotatable bonds is 15. The van der Waals surface area contributed by atoms with Crippen LogP contribution in [0.15, 0.2) is 49.6 Å². The van der Waals surface area contributed by atoms with E-state index in [4.69, 9.17) is 4.74 Å². The van der Waals surface area contributed by atoms with Crippen molar-refractivity contribution < 1.29 is 24.2 Å². The number of fused-ring (bicyclic) bond motifs is 2. The molecule has 11 nitrogen and oxygen atoms in total. The molecule has 45 heavy (non-hydrogen) atoms. The van der Waals surface area contributed by atoms with E-state index < -0.39 is 35.1 Å². The Labute approximate surface area is 265 Å². The van der Waals surface area contributed by atoms with Crippen LogP contribution in [0.3, 0.4) is 0 Å². The Balaban J connectivity index is 1.61. The Hall–Kier alpha value is -3.57. The van der Waals surface area contributed by atoms with Crippen LogP contribution in [0.1, 0.15) is 59.8 Å². The summed E-state index contributed by atoms with van der Waals surface area (Å²) in [6, 6.07) is 5.89. The van der Waals surface area contributed by atoms with Crippen LogP contribution < -0.4 is 0 Å². The van der Waals surface area contributed by atoms with Crippen molar-refractivity contribution in [2.24, 2.45) is 17.8 Å². The van der Waals surface area contributed by atoms with E-state index in [0.717, 1.165) is 11.9 Å². The number of likely N-dealkylation sites (tertiary alicyclic amines) is 1. The van der Waals surface area contributed by atoms with E-state index in [9.17, 15) is 19.5 Å². The van der Waals surface area contributed by atoms with Gasteiger partial charge in [-0.25, -0.2) is 4.68 Å². The monoisotopic (exact) mass is 620 g/mol. The number of aliphatic hydroxyl groups excluding tert-OH is 1. The van der Waals surface area contributed by atoms with Gasteiger partial charge in [0.15, 0.2) is 0 Å². The van der Waals surface area contributed by atoms with Gasteiger partial charge in [-0.05, 0) is 50.2 Å². The molecule has 0 radical (unpaired) electrons. The van der Waals surface area contributed by atoms with Gasteiger partial charge in [-0.2, -0.15) is 0 Å². The summed E-state index contributed by atoms with van der Waals surface area (Å²) in [6.45, 7) is 16.7. The number of benzene rings is 1. The van der Waals surface area contributed by atoms with Gasteiger partial charge in [0, 0.05) is 19.6 Å². The third kappa shape index (κ3) is 5.37. The van der Waals surface area contributed by atoms with Crippen molar-refractivity contribution in [3.05, 3.63) is 49.6 Å². The number of para-hydroxylation sites is 1. The molecule has 3 fully saturated rings. The van der Waals surface area contributed by atoms with Gasteiger partial charge in [0.25, 0.3) is 0 Å². The second-order valence-electron chi connectivity index (χ2n) is 13.2. The number of aromatic nitrogens is 3. The first-order chi connectivity index (χ1) is 21.6. The molecular formula is C34H48N6O5. The van der Waals surface area contributed by atoms with E-state index in [0.29, 0.717) is 44.3 Å². The smallest absolute Gasteiger partial charge is 0.250 e. The van der Waals surface area contributed by atoms with Crippen LogP contribution in [-0.2, 0) is 25.8 Å². The van der Waals surface area contributed by atoms with E-state index in [-0.39, 0.29) is 43.5 Å². The molecule has 3 aliphatic rings. The minimum Gasteiger partial charge on any atom is -0.394 e. The normalized spacial score (nSPS) is 27.6. The highest BCUT2D eigenvalue weighted by atomic mass is 16.5. The molecule has 5 rings (SSSR count). The lowest BCUT2D eigenvalue weighted by molar-refractivity contribution is -0.159. The molecule has 1 aromatic carbocycles. The molecule has 3 saturated heterocycles. The van der Waals surface area contributed by atoms with E-state index in [1.807, 2.05) is 52.0 Å². The lowest BCUT2D eigenvalue weighted by Gasteiger charge is -2.40. The fourth-order valence-corrected chi connectivity index (χ4v) is 8.17. The van der Waals surface area contributed by atoms with Crippen LogP contribution in [0.2, 0.25) is 0 Å². The third-order valence-corrected chi connectivity index (χ3v) is 10.0. The minimum absolute atomic E-state index is 0.0868. The molecule has 0 aliphatic carbocycles. The number of carbonyl (C=O) groups excluding carboxylic acids is 3. The average molecular weight is 621 g/mol. The maximum Gasteiger partial charge on any atom is 0.250 e. The molecule has 2 aromatic rings. The number of amides is 3. The SMILES string of the molecule is C=CCN(Cn1nnc2ccccc21)C(=O)C1N([C@@H](CO)CC(C)C)C(=O)[C@@H]2[C@@H](C(=O)N(CC=C)CCC)[C@@]3(CC)CCC12O3. The Morgan fingerprint density at radius 2 is 1.84 bits per heavy atom. The number of aliphatic hydroxyl groups is 1. The van der Waals surface area contributed by atoms with Gasteiger partial charge in [-0.15, -0.1) is 18.3 Å². The molecular weight excluding hydrogens is 572 g/mol. The number of carbonyl (C=O) groups is 3. The molecule has 2 bridgehead atoms. The number of hydrogen-bond donors (Lipinski definition) is 1. The molecule has 6 atom stereocenters. The zero-order chi connectivity index (χ0) is 32.5. The van der Waals surface area contributed by atoms with Crippen molar-refractivity contribution in [3.8, 4) is 0 Å². The van der Waals surface area contributed by atoms with Crippen LogP contribution >= 0.6 is 0 Å². The molecule has 0 saturated carbocycles. The van der Waals surface area contributed by atoms with Crippen LogP contribution in [-0.4, -0.2) is 102 Å². The fourth-order valence-electron chi connectivity index (χ4n) is 8.17. The summed E-state index contributed by atoms with van der Waals surface area (Å²) in [5.41, 5.74) is -0.579. The summed E-state index contributed by atoms with van der Waals surface area (Å²) >= 11 is 0. The minimum atomic E-state index is -1.20. The summed E-state index contributed by atoms with van der Waals surface area (Å²) in [7, 11) is 0. The molecule has 1 N–H and O–H groups in total. The number of ether oxygens (including phenoxy) is 1. The molecule has 244 valence electrons. The summed E-state index contributed by atoms with van der Waals surface area (Å²) < 4.78 is 8.67. The van der Waals surface area contributed by atoms with Gasteiger partial charge in [-0.3, -0.25) is 14.4 Å². The van der Waals surface area contributed by atoms with E-state index in [1.54, 1.807) is 31.5 Å². The number of nitrogens with zero attached hydrogens (tertiary/aromatic N) is 6. The maximum absolute atomic E-state index is 14.9. The molecule has 1 spiro atoms. The fraction of sp³-hybridized carbons (Fsp3) is 0.618. The second-order valence-corrected chi connectivity index (χ2v) is 13.2. The van der Waals surface area contributed by atoms with Gasteiger partial charge >= 0.3 is 0 Å². The van der Waals surface area contributed by atoms with Gasteiger partial charge in [-0.1, -0.05) is 57.2 Å². The largest absolute Gasteiger partial charge is 0.394 e. The predicted octanol–water partition coefficient (Wildman–Crippen LogP) is 3.39. The first-order valence-electron chi connectivity index (χ1n) is 16.3.